The Hall–Kier alpha value is -0.940. The molecule has 0 atom stereocenters. The number of carbonyl (C=O) groups excluding carboxylic acids is 1. The van der Waals surface area contributed by atoms with Crippen molar-refractivity contribution in [2.24, 2.45) is 5.41 Å². The molecule has 0 aliphatic carbocycles. The summed E-state index contributed by atoms with van der Waals surface area (Å²) >= 11 is 1.66. The zero-order chi connectivity index (χ0) is 14.3. The molecule has 0 aromatic carbocycles. The summed E-state index contributed by atoms with van der Waals surface area (Å²) in [5.74, 6) is 1.78. The van der Waals surface area contributed by atoms with Crippen LogP contribution in [0.4, 0.5) is 0 Å². The molecular formula is C14H23NO3S. The van der Waals surface area contributed by atoms with Gasteiger partial charge in [-0.3, -0.25) is 4.79 Å². The van der Waals surface area contributed by atoms with E-state index in [0.717, 1.165) is 24.4 Å². The van der Waals surface area contributed by atoms with Crippen LogP contribution in [0.25, 0.3) is 0 Å². The van der Waals surface area contributed by atoms with Gasteiger partial charge in [0.05, 0.1) is 5.75 Å². The van der Waals surface area contributed by atoms with Gasteiger partial charge in [-0.15, -0.1) is 0 Å². The molecule has 0 unspecified atom stereocenters. The molecule has 1 aromatic rings. The highest BCUT2D eigenvalue weighted by Gasteiger charge is 2.19. The van der Waals surface area contributed by atoms with E-state index in [1.807, 2.05) is 12.3 Å². The highest BCUT2D eigenvalue weighted by Crippen LogP contribution is 2.21. The van der Waals surface area contributed by atoms with Crippen LogP contribution in [0.15, 0.2) is 16.5 Å². The van der Waals surface area contributed by atoms with Crippen LogP contribution in [-0.4, -0.2) is 30.4 Å². The van der Waals surface area contributed by atoms with E-state index in [0.29, 0.717) is 12.3 Å². The first kappa shape index (κ1) is 16.1. The van der Waals surface area contributed by atoms with E-state index in [-0.39, 0.29) is 17.9 Å². The zero-order valence-corrected chi connectivity index (χ0v) is 12.7. The minimum absolute atomic E-state index is 0.0208. The Bertz CT molecular complexity index is 401. The minimum atomic E-state index is -0.176. The van der Waals surface area contributed by atoms with Gasteiger partial charge in [0.2, 0.25) is 0 Å². The molecule has 5 heteroatoms. The first-order valence-electron chi connectivity index (χ1n) is 6.45. The van der Waals surface area contributed by atoms with Crippen molar-refractivity contribution in [3.8, 4) is 0 Å². The normalized spacial score (nSPS) is 11.6. The Kier molecular flexibility index (Phi) is 6.45. The third-order valence-electron chi connectivity index (χ3n) is 2.91. The molecular weight excluding hydrogens is 262 g/mol. The fourth-order valence-corrected chi connectivity index (χ4v) is 2.21. The van der Waals surface area contributed by atoms with Crippen LogP contribution in [-0.2, 0) is 5.75 Å². The third kappa shape index (κ3) is 5.70. The third-order valence-corrected chi connectivity index (χ3v) is 3.48. The number of amides is 1. The molecule has 4 nitrogen and oxygen atoms in total. The van der Waals surface area contributed by atoms with Crippen LogP contribution in [0.2, 0.25) is 0 Å². The van der Waals surface area contributed by atoms with Gasteiger partial charge in [0.25, 0.3) is 5.91 Å². The topological polar surface area (TPSA) is 62.5 Å². The molecule has 0 spiro atoms. The second-order valence-corrected chi connectivity index (χ2v) is 6.24. The van der Waals surface area contributed by atoms with Gasteiger partial charge >= 0.3 is 0 Å². The molecule has 0 saturated heterocycles. The summed E-state index contributed by atoms with van der Waals surface area (Å²) in [7, 11) is 0. The maximum atomic E-state index is 11.9. The number of furan rings is 1. The molecule has 0 aliphatic heterocycles. The summed E-state index contributed by atoms with van der Waals surface area (Å²) in [5, 5.41) is 11.7. The number of nitrogens with one attached hydrogen (secondary N) is 1. The Labute approximate surface area is 119 Å². The lowest BCUT2D eigenvalue weighted by Gasteiger charge is -2.24. The van der Waals surface area contributed by atoms with Crippen molar-refractivity contribution in [3.05, 3.63) is 23.7 Å². The molecule has 0 fully saturated rings. The molecule has 108 valence electrons. The van der Waals surface area contributed by atoms with Crippen molar-refractivity contribution in [1.82, 2.24) is 5.32 Å². The number of thioether (sulfide) groups is 1. The molecule has 1 rings (SSSR count). The summed E-state index contributed by atoms with van der Waals surface area (Å²) in [6, 6.07) is 3.55. The fraction of sp³-hybridized carbons (Fsp3) is 0.643. The first-order valence-corrected chi connectivity index (χ1v) is 7.84. The number of hydrogen-bond acceptors (Lipinski definition) is 4. The standard InChI is InChI=1S/C14H23NO3S/c1-14(2,7-4-8-16)10-15-13(17)12-6-5-11(18-12)9-19-3/h5-6,16H,4,7-10H2,1-3H3,(H,15,17). The molecule has 1 aromatic heterocycles. The molecule has 19 heavy (non-hydrogen) atoms. The second-order valence-electron chi connectivity index (χ2n) is 5.37. The molecule has 0 radical (unpaired) electrons. The van der Waals surface area contributed by atoms with Crippen LogP contribution in [0, 0.1) is 5.41 Å². The molecule has 1 amide bonds. The van der Waals surface area contributed by atoms with E-state index in [4.69, 9.17) is 9.52 Å². The van der Waals surface area contributed by atoms with Crippen molar-refractivity contribution in [1.29, 1.82) is 0 Å². The molecule has 0 saturated carbocycles. The second kappa shape index (κ2) is 7.60. The lowest BCUT2D eigenvalue weighted by Crippen LogP contribution is -2.34. The predicted octanol–water partition coefficient (Wildman–Crippen LogP) is 2.67. The van der Waals surface area contributed by atoms with Crippen LogP contribution >= 0.6 is 11.8 Å². The van der Waals surface area contributed by atoms with Crippen molar-refractivity contribution in [2.75, 3.05) is 19.4 Å². The average Bonchev–Trinajstić information content (AvgIpc) is 2.83. The Morgan fingerprint density at radius 1 is 1.47 bits per heavy atom. The van der Waals surface area contributed by atoms with Gasteiger partial charge in [0.15, 0.2) is 5.76 Å². The van der Waals surface area contributed by atoms with Crippen LogP contribution in [0.5, 0.6) is 0 Å². The smallest absolute Gasteiger partial charge is 0.287 e. The van der Waals surface area contributed by atoms with Crippen LogP contribution in [0.3, 0.4) is 0 Å². The van der Waals surface area contributed by atoms with Crippen molar-refractivity contribution in [3.63, 3.8) is 0 Å². The molecule has 1 heterocycles. The zero-order valence-electron chi connectivity index (χ0n) is 11.9. The number of aliphatic hydroxyl groups excluding tert-OH is 1. The highest BCUT2D eigenvalue weighted by atomic mass is 32.2. The summed E-state index contributed by atoms with van der Waals surface area (Å²) in [5.41, 5.74) is -0.0208. The summed E-state index contributed by atoms with van der Waals surface area (Å²) in [6.07, 6.45) is 3.62. The van der Waals surface area contributed by atoms with Gasteiger partial charge in [-0.25, -0.2) is 0 Å². The Balaban J connectivity index is 2.45. The minimum Gasteiger partial charge on any atom is -0.455 e. The van der Waals surface area contributed by atoms with E-state index in [9.17, 15) is 4.79 Å². The van der Waals surface area contributed by atoms with E-state index in [1.165, 1.54) is 0 Å². The van der Waals surface area contributed by atoms with Gasteiger partial charge in [0, 0.05) is 13.2 Å². The SMILES string of the molecule is CSCc1ccc(C(=O)NCC(C)(C)CCCO)o1. The summed E-state index contributed by atoms with van der Waals surface area (Å²) in [6.45, 7) is 4.91. The number of rotatable bonds is 8. The van der Waals surface area contributed by atoms with Gasteiger partial charge in [-0.1, -0.05) is 13.8 Å². The van der Waals surface area contributed by atoms with E-state index in [1.54, 1.807) is 17.8 Å². The van der Waals surface area contributed by atoms with Gasteiger partial charge in [-0.05, 0) is 36.6 Å². The van der Waals surface area contributed by atoms with Crippen LogP contribution in [0.1, 0.15) is 43.0 Å². The lowest BCUT2D eigenvalue weighted by atomic mass is 9.88. The number of carbonyl (C=O) groups is 1. The van der Waals surface area contributed by atoms with Gasteiger partial charge in [0.1, 0.15) is 5.76 Å². The maximum Gasteiger partial charge on any atom is 0.287 e. The number of hydrogen-bond donors (Lipinski definition) is 2. The van der Waals surface area contributed by atoms with Crippen molar-refractivity contribution < 1.29 is 14.3 Å². The monoisotopic (exact) mass is 285 g/mol. The van der Waals surface area contributed by atoms with Gasteiger partial charge < -0.3 is 14.8 Å². The fourth-order valence-electron chi connectivity index (χ4n) is 1.77. The average molecular weight is 285 g/mol. The molecule has 0 bridgehead atoms. The Morgan fingerprint density at radius 3 is 2.84 bits per heavy atom. The Morgan fingerprint density at radius 2 is 2.21 bits per heavy atom. The van der Waals surface area contributed by atoms with Crippen molar-refractivity contribution >= 4 is 17.7 Å². The van der Waals surface area contributed by atoms with Crippen molar-refractivity contribution in [2.45, 2.75) is 32.4 Å². The predicted molar refractivity (Wildman–Crippen MR) is 78.4 cm³/mol. The van der Waals surface area contributed by atoms with E-state index in [2.05, 4.69) is 19.2 Å². The molecule has 2 N–H and O–H groups in total. The summed E-state index contributed by atoms with van der Waals surface area (Å²) in [4.78, 5) is 11.9. The number of aliphatic hydroxyl groups is 1. The highest BCUT2D eigenvalue weighted by molar-refractivity contribution is 7.97. The maximum absolute atomic E-state index is 11.9. The lowest BCUT2D eigenvalue weighted by molar-refractivity contribution is 0.0903. The van der Waals surface area contributed by atoms with E-state index < -0.39 is 0 Å². The molecule has 0 aliphatic rings. The van der Waals surface area contributed by atoms with Gasteiger partial charge in [-0.2, -0.15) is 11.8 Å². The quantitative estimate of drug-likeness (QED) is 0.771. The first-order chi connectivity index (χ1) is 8.98. The van der Waals surface area contributed by atoms with Crippen LogP contribution < -0.4 is 5.32 Å². The largest absolute Gasteiger partial charge is 0.455 e. The van der Waals surface area contributed by atoms with E-state index >= 15 is 0 Å². The summed E-state index contributed by atoms with van der Waals surface area (Å²) < 4.78 is 5.46.